The maximum atomic E-state index is 11.1. The third-order valence-corrected chi connectivity index (χ3v) is 6.27. The largest absolute Gasteiger partial charge is 0.385 e. The Kier molecular flexibility index (Phi) is 2.83. The number of hydrogen-bond donors (Lipinski definition) is 1. The number of hydrogen-bond acceptors (Lipinski definition) is 3. The summed E-state index contributed by atoms with van der Waals surface area (Å²) in [5.41, 5.74) is 2.50. The molecule has 2 saturated heterocycles. The molecule has 2 aromatic rings. The topological polar surface area (TPSA) is 33.1 Å². The van der Waals surface area contributed by atoms with Crippen molar-refractivity contribution in [3.63, 3.8) is 0 Å². The summed E-state index contributed by atoms with van der Waals surface area (Å²) in [4.78, 5) is 4.54. The number of fused-ring (bicyclic) bond motifs is 3. The van der Waals surface area contributed by atoms with Crippen molar-refractivity contribution in [3.05, 3.63) is 41.6 Å². The predicted molar refractivity (Wildman–Crippen MR) is 84.0 cm³/mol. The Labute approximate surface area is 123 Å². The van der Waals surface area contributed by atoms with Gasteiger partial charge in [0.05, 0.1) is 11.1 Å². The van der Waals surface area contributed by atoms with Gasteiger partial charge in [-0.2, -0.15) is 11.8 Å². The molecule has 1 aromatic carbocycles. The van der Waals surface area contributed by atoms with E-state index in [1.807, 2.05) is 13.0 Å². The maximum Gasteiger partial charge on any atom is 0.0917 e. The number of aryl methyl sites for hydroxylation is 1. The summed E-state index contributed by atoms with van der Waals surface area (Å²) in [6.45, 7) is 2.01. The molecule has 2 bridgehead atoms. The lowest BCUT2D eigenvalue weighted by Gasteiger charge is -2.36. The van der Waals surface area contributed by atoms with E-state index in [0.29, 0.717) is 10.5 Å². The lowest BCUT2D eigenvalue weighted by molar-refractivity contribution is 0.0198. The molecular weight excluding hydrogens is 266 g/mol. The lowest BCUT2D eigenvalue weighted by Crippen LogP contribution is -2.34. The van der Waals surface area contributed by atoms with Gasteiger partial charge >= 0.3 is 0 Å². The van der Waals surface area contributed by atoms with E-state index < -0.39 is 5.60 Å². The van der Waals surface area contributed by atoms with E-state index in [1.165, 1.54) is 12.8 Å². The molecule has 2 aliphatic rings. The number of nitrogens with zero attached hydrogens (tertiary/aromatic N) is 1. The monoisotopic (exact) mass is 285 g/mol. The highest BCUT2D eigenvalue weighted by molar-refractivity contribution is 8.00. The highest BCUT2D eigenvalue weighted by atomic mass is 32.2. The SMILES string of the molecule is Cc1ccc2cc(C3(O)CC4CCC(C3)S4)ccc2n1. The van der Waals surface area contributed by atoms with Crippen molar-refractivity contribution >= 4 is 22.7 Å². The van der Waals surface area contributed by atoms with Crippen LogP contribution in [0.2, 0.25) is 0 Å². The van der Waals surface area contributed by atoms with E-state index in [0.717, 1.165) is 35.0 Å². The number of benzene rings is 1. The van der Waals surface area contributed by atoms with E-state index in [-0.39, 0.29) is 0 Å². The van der Waals surface area contributed by atoms with Gasteiger partial charge in [0.15, 0.2) is 0 Å². The minimum Gasteiger partial charge on any atom is -0.385 e. The molecule has 1 N–H and O–H groups in total. The van der Waals surface area contributed by atoms with Crippen LogP contribution in [0, 0.1) is 6.92 Å². The van der Waals surface area contributed by atoms with Crippen molar-refractivity contribution in [1.82, 2.24) is 4.98 Å². The first-order valence-electron chi connectivity index (χ1n) is 7.38. The Bertz CT molecular complexity index is 657. The Hall–Kier alpha value is -1.06. The minimum absolute atomic E-state index is 0.629. The molecule has 0 spiro atoms. The molecule has 2 fully saturated rings. The normalized spacial score (nSPS) is 32.7. The van der Waals surface area contributed by atoms with E-state index in [9.17, 15) is 5.11 Å². The lowest BCUT2D eigenvalue weighted by atomic mass is 9.85. The van der Waals surface area contributed by atoms with E-state index >= 15 is 0 Å². The van der Waals surface area contributed by atoms with Gasteiger partial charge in [-0.15, -0.1) is 0 Å². The first-order chi connectivity index (χ1) is 9.62. The number of aromatic nitrogens is 1. The van der Waals surface area contributed by atoms with Crippen LogP contribution in [-0.4, -0.2) is 20.6 Å². The van der Waals surface area contributed by atoms with Crippen LogP contribution in [-0.2, 0) is 5.60 Å². The summed E-state index contributed by atoms with van der Waals surface area (Å²) in [6, 6.07) is 10.4. The molecule has 2 atom stereocenters. The third kappa shape index (κ3) is 2.04. The summed E-state index contributed by atoms with van der Waals surface area (Å²) < 4.78 is 0. The highest BCUT2D eigenvalue weighted by Gasteiger charge is 2.44. The zero-order valence-corrected chi connectivity index (χ0v) is 12.5. The van der Waals surface area contributed by atoms with E-state index in [1.54, 1.807) is 0 Å². The second-order valence-corrected chi connectivity index (χ2v) is 7.86. The average molecular weight is 285 g/mol. The zero-order chi connectivity index (χ0) is 13.7. The van der Waals surface area contributed by atoms with Crippen LogP contribution in [0.25, 0.3) is 10.9 Å². The predicted octanol–water partition coefficient (Wildman–Crippen LogP) is 3.79. The first-order valence-corrected chi connectivity index (χ1v) is 8.32. The average Bonchev–Trinajstić information content (AvgIpc) is 2.78. The molecule has 2 aliphatic heterocycles. The number of thioether (sulfide) groups is 1. The van der Waals surface area contributed by atoms with Crippen LogP contribution in [0.1, 0.15) is 36.9 Å². The van der Waals surface area contributed by atoms with Gasteiger partial charge in [0.2, 0.25) is 0 Å². The quantitative estimate of drug-likeness (QED) is 0.865. The van der Waals surface area contributed by atoms with Gasteiger partial charge < -0.3 is 5.11 Å². The van der Waals surface area contributed by atoms with Gasteiger partial charge in [-0.3, -0.25) is 4.98 Å². The Balaban J connectivity index is 1.76. The molecule has 2 unspecified atom stereocenters. The van der Waals surface area contributed by atoms with Crippen LogP contribution in [0.15, 0.2) is 30.3 Å². The van der Waals surface area contributed by atoms with Crippen LogP contribution < -0.4 is 0 Å². The first kappa shape index (κ1) is 12.7. The van der Waals surface area contributed by atoms with Crippen molar-refractivity contribution in [2.75, 3.05) is 0 Å². The highest BCUT2D eigenvalue weighted by Crippen LogP contribution is 2.51. The van der Waals surface area contributed by atoms with Gasteiger partial charge in [-0.25, -0.2) is 0 Å². The Morgan fingerprint density at radius 2 is 1.90 bits per heavy atom. The van der Waals surface area contributed by atoms with Crippen molar-refractivity contribution < 1.29 is 5.11 Å². The summed E-state index contributed by atoms with van der Waals surface area (Å²) >= 11 is 2.08. The fourth-order valence-electron chi connectivity index (χ4n) is 3.67. The molecule has 0 amide bonds. The van der Waals surface area contributed by atoms with Crippen LogP contribution in [0.3, 0.4) is 0 Å². The summed E-state index contributed by atoms with van der Waals surface area (Å²) in [5, 5.41) is 13.5. The number of pyridine rings is 1. The molecule has 0 aliphatic carbocycles. The molecule has 3 heterocycles. The number of rotatable bonds is 1. The fourth-order valence-corrected chi connectivity index (χ4v) is 5.50. The molecule has 3 heteroatoms. The van der Waals surface area contributed by atoms with Crippen molar-refractivity contribution in [1.29, 1.82) is 0 Å². The standard InChI is InChI=1S/C17H19NOS/c1-11-2-3-12-8-13(4-7-16(12)18-11)17(19)9-14-5-6-15(10-17)20-14/h2-4,7-8,14-15,19H,5-6,9-10H2,1H3. The molecule has 2 nitrogen and oxygen atoms in total. The second-order valence-electron chi connectivity index (χ2n) is 6.26. The van der Waals surface area contributed by atoms with E-state index in [4.69, 9.17) is 0 Å². The van der Waals surface area contributed by atoms with Gasteiger partial charge in [0.1, 0.15) is 0 Å². The number of aliphatic hydroxyl groups is 1. The second kappa shape index (κ2) is 4.47. The third-order valence-electron chi connectivity index (χ3n) is 4.69. The summed E-state index contributed by atoms with van der Waals surface area (Å²) in [6.07, 6.45) is 4.34. The summed E-state index contributed by atoms with van der Waals surface area (Å²) in [7, 11) is 0. The van der Waals surface area contributed by atoms with Crippen LogP contribution in [0.5, 0.6) is 0 Å². The Morgan fingerprint density at radius 3 is 2.65 bits per heavy atom. The van der Waals surface area contributed by atoms with Gasteiger partial charge in [0.25, 0.3) is 0 Å². The Morgan fingerprint density at radius 1 is 1.15 bits per heavy atom. The zero-order valence-electron chi connectivity index (χ0n) is 11.7. The van der Waals surface area contributed by atoms with Gasteiger partial charge in [0, 0.05) is 21.6 Å². The minimum atomic E-state index is -0.629. The van der Waals surface area contributed by atoms with Crippen LogP contribution in [0.4, 0.5) is 0 Å². The van der Waals surface area contributed by atoms with Crippen molar-refractivity contribution in [2.45, 2.75) is 48.7 Å². The smallest absolute Gasteiger partial charge is 0.0917 e. The summed E-state index contributed by atoms with van der Waals surface area (Å²) in [5.74, 6) is 0. The molecular formula is C17H19NOS. The fraction of sp³-hybridized carbons (Fsp3) is 0.471. The van der Waals surface area contributed by atoms with Gasteiger partial charge in [-0.1, -0.05) is 12.1 Å². The molecule has 0 radical (unpaired) electrons. The maximum absolute atomic E-state index is 11.1. The van der Waals surface area contributed by atoms with Crippen molar-refractivity contribution in [3.8, 4) is 0 Å². The molecule has 0 saturated carbocycles. The molecule has 20 heavy (non-hydrogen) atoms. The molecule has 104 valence electrons. The molecule has 1 aromatic heterocycles. The molecule has 4 rings (SSSR count). The van der Waals surface area contributed by atoms with Gasteiger partial charge in [-0.05, 0) is 56.4 Å². The van der Waals surface area contributed by atoms with Crippen molar-refractivity contribution in [2.24, 2.45) is 0 Å². The van der Waals surface area contributed by atoms with Crippen LogP contribution >= 0.6 is 11.8 Å². The van der Waals surface area contributed by atoms with E-state index in [2.05, 4.69) is 41.0 Å².